The molecule has 0 spiro atoms. The number of likely N-dealkylation sites (N-methyl/N-ethyl adjacent to an activating group) is 1. The second kappa shape index (κ2) is 7.47. The number of nitrogens with two attached hydrogens (primary N) is 1. The van der Waals surface area contributed by atoms with Crippen LogP contribution in [-0.2, 0) is 9.59 Å². The van der Waals surface area contributed by atoms with Gasteiger partial charge in [-0.05, 0) is 12.8 Å². The van der Waals surface area contributed by atoms with Gasteiger partial charge in [-0.25, -0.2) is 0 Å². The van der Waals surface area contributed by atoms with Crippen molar-refractivity contribution in [3.63, 3.8) is 0 Å². The number of carbonyl (C=O) groups excluding carboxylic acids is 2. The maximum absolute atomic E-state index is 12.2. The fraction of sp³-hybridized carbons (Fsp3) is 0.833. The maximum Gasteiger partial charge on any atom is 0.405 e. The molecule has 8 heteroatoms. The van der Waals surface area contributed by atoms with Gasteiger partial charge in [0.2, 0.25) is 11.8 Å². The number of halogens is 3. The number of rotatable bonds is 7. The van der Waals surface area contributed by atoms with E-state index in [0.29, 0.717) is 12.8 Å². The SMILES string of the molecule is CCC(CC)(CN)C(=O)N(C)CC(=O)NCC(F)(F)F. The van der Waals surface area contributed by atoms with Crippen molar-refractivity contribution in [1.29, 1.82) is 0 Å². The molecule has 0 aliphatic rings. The predicted molar refractivity (Wildman–Crippen MR) is 68.8 cm³/mol. The van der Waals surface area contributed by atoms with Crippen LogP contribution in [0, 0.1) is 5.41 Å². The predicted octanol–water partition coefficient (Wildman–Crippen LogP) is 0.888. The lowest BCUT2D eigenvalue weighted by Gasteiger charge is -2.33. The summed E-state index contributed by atoms with van der Waals surface area (Å²) in [4.78, 5) is 24.7. The highest BCUT2D eigenvalue weighted by molar-refractivity contribution is 5.87. The lowest BCUT2D eigenvalue weighted by atomic mass is 9.81. The molecule has 0 saturated carbocycles. The molecule has 0 rings (SSSR count). The second-order valence-electron chi connectivity index (χ2n) is 4.74. The van der Waals surface area contributed by atoms with Gasteiger partial charge in [-0.1, -0.05) is 13.8 Å². The summed E-state index contributed by atoms with van der Waals surface area (Å²) in [6.07, 6.45) is -3.45. The van der Waals surface area contributed by atoms with Crippen LogP contribution in [0.2, 0.25) is 0 Å². The summed E-state index contributed by atoms with van der Waals surface area (Å²) in [6, 6.07) is 0. The Morgan fingerprint density at radius 1 is 1.20 bits per heavy atom. The van der Waals surface area contributed by atoms with Crippen molar-refractivity contribution < 1.29 is 22.8 Å². The van der Waals surface area contributed by atoms with Crippen molar-refractivity contribution >= 4 is 11.8 Å². The Kier molecular flexibility index (Phi) is 6.98. The largest absolute Gasteiger partial charge is 0.405 e. The van der Waals surface area contributed by atoms with Gasteiger partial charge < -0.3 is 16.0 Å². The van der Waals surface area contributed by atoms with Crippen LogP contribution in [0.3, 0.4) is 0 Å². The van der Waals surface area contributed by atoms with Crippen molar-refractivity contribution in [3.05, 3.63) is 0 Å². The standard InChI is InChI=1S/C12H22F3N3O2/c1-4-11(5-2,7-16)10(20)18(3)6-9(19)17-8-12(13,14)15/h4-8,16H2,1-3H3,(H,17,19). The van der Waals surface area contributed by atoms with Gasteiger partial charge >= 0.3 is 6.18 Å². The van der Waals surface area contributed by atoms with Gasteiger partial charge in [-0.2, -0.15) is 13.2 Å². The molecule has 0 aromatic carbocycles. The molecule has 0 unspecified atom stereocenters. The molecule has 5 nitrogen and oxygen atoms in total. The highest BCUT2D eigenvalue weighted by Gasteiger charge is 2.36. The molecule has 118 valence electrons. The van der Waals surface area contributed by atoms with E-state index >= 15 is 0 Å². The van der Waals surface area contributed by atoms with E-state index in [1.165, 1.54) is 7.05 Å². The molecule has 0 bridgehead atoms. The van der Waals surface area contributed by atoms with Crippen LogP contribution in [0.15, 0.2) is 0 Å². The van der Waals surface area contributed by atoms with Crippen molar-refractivity contribution in [2.75, 3.05) is 26.7 Å². The average molecular weight is 297 g/mol. The Hall–Kier alpha value is -1.31. The minimum Gasteiger partial charge on any atom is -0.345 e. The third kappa shape index (κ3) is 5.36. The van der Waals surface area contributed by atoms with E-state index in [4.69, 9.17) is 5.73 Å². The Balaban J connectivity index is 4.56. The first-order valence-electron chi connectivity index (χ1n) is 6.41. The fourth-order valence-electron chi connectivity index (χ4n) is 1.88. The molecule has 0 atom stereocenters. The first kappa shape index (κ1) is 18.7. The Bertz CT molecular complexity index is 333. The van der Waals surface area contributed by atoms with Gasteiger partial charge in [0, 0.05) is 13.6 Å². The summed E-state index contributed by atoms with van der Waals surface area (Å²) >= 11 is 0. The zero-order chi connectivity index (χ0) is 16.0. The van der Waals surface area contributed by atoms with Gasteiger partial charge in [0.25, 0.3) is 0 Å². The quantitative estimate of drug-likeness (QED) is 0.733. The number of hydrogen-bond acceptors (Lipinski definition) is 3. The van der Waals surface area contributed by atoms with Gasteiger partial charge in [0.15, 0.2) is 0 Å². The number of alkyl halides is 3. The van der Waals surface area contributed by atoms with Crippen LogP contribution in [0.5, 0.6) is 0 Å². The molecular formula is C12H22F3N3O2. The Morgan fingerprint density at radius 3 is 2.05 bits per heavy atom. The van der Waals surface area contributed by atoms with Crippen LogP contribution in [0.1, 0.15) is 26.7 Å². The molecular weight excluding hydrogens is 275 g/mol. The fourth-order valence-corrected chi connectivity index (χ4v) is 1.88. The van der Waals surface area contributed by atoms with E-state index in [1.807, 2.05) is 13.8 Å². The summed E-state index contributed by atoms with van der Waals surface area (Å²) < 4.78 is 35.9. The molecule has 0 fully saturated rings. The molecule has 0 radical (unpaired) electrons. The van der Waals surface area contributed by atoms with E-state index in [2.05, 4.69) is 0 Å². The van der Waals surface area contributed by atoms with Crippen molar-refractivity contribution in [2.45, 2.75) is 32.9 Å². The monoisotopic (exact) mass is 297 g/mol. The van der Waals surface area contributed by atoms with Crippen LogP contribution in [0.4, 0.5) is 13.2 Å². The topological polar surface area (TPSA) is 75.4 Å². The van der Waals surface area contributed by atoms with Crippen molar-refractivity contribution in [3.8, 4) is 0 Å². The average Bonchev–Trinajstić information content (AvgIpc) is 2.38. The van der Waals surface area contributed by atoms with Gasteiger partial charge in [0.1, 0.15) is 6.54 Å². The minimum absolute atomic E-state index is 0.132. The third-order valence-corrected chi connectivity index (χ3v) is 3.41. The number of amides is 2. The lowest BCUT2D eigenvalue weighted by molar-refractivity contribution is -0.146. The third-order valence-electron chi connectivity index (χ3n) is 3.41. The van der Waals surface area contributed by atoms with E-state index in [1.54, 1.807) is 5.32 Å². The smallest absolute Gasteiger partial charge is 0.345 e. The molecule has 0 aromatic rings. The zero-order valence-electron chi connectivity index (χ0n) is 12.0. The highest BCUT2D eigenvalue weighted by Crippen LogP contribution is 2.27. The van der Waals surface area contributed by atoms with Crippen molar-refractivity contribution in [2.24, 2.45) is 11.1 Å². The van der Waals surface area contributed by atoms with Gasteiger partial charge in [-0.3, -0.25) is 9.59 Å². The molecule has 20 heavy (non-hydrogen) atoms. The highest BCUT2D eigenvalue weighted by atomic mass is 19.4. The number of nitrogens with one attached hydrogen (secondary N) is 1. The molecule has 0 aliphatic heterocycles. The zero-order valence-corrected chi connectivity index (χ0v) is 12.0. The lowest BCUT2D eigenvalue weighted by Crippen LogP contribution is -2.49. The van der Waals surface area contributed by atoms with E-state index in [9.17, 15) is 22.8 Å². The van der Waals surface area contributed by atoms with Crippen LogP contribution in [-0.4, -0.2) is 49.6 Å². The van der Waals surface area contributed by atoms with Crippen LogP contribution < -0.4 is 11.1 Å². The molecule has 0 heterocycles. The van der Waals surface area contributed by atoms with E-state index < -0.39 is 30.6 Å². The summed E-state index contributed by atoms with van der Waals surface area (Å²) in [7, 11) is 1.38. The Morgan fingerprint density at radius 2 is 1.70 bits per heavy atom. The van der Waals surface area contributed by atoms with Crippen LogP contribution >= 0.6 is 0 Å². The van der Waals surface area contributed by atoms with E-state index in [0.717, 1.165) is 4.90 Å². The number of hydrogen-bond donors (Lipinski definition) is 2. The summed E-state index contributed by atoms with van der Waals surface area (Å²) in [5, 5.41) is 1.72. The van der Waals surface area contributed by atoms with Gasteiger partial charge in [-0.15, -0.1) is 0 Å². The summed E-state index contributed by atoms with van der Waals surface area (Å²) in [5.74, 6) is -1.18. The first-order chi connectivity index (χ1) is 9.11. The number of carbonyl (C=O) groups is 2. The number of nitrogens with zero attached hydrogens (tertiary/aromatic N) is 1. The molecule has 3 N–H and O–H groups in total. The summed E-state index contributed by atoms with van der Waals surface area (Å²) in [6.45, 7) is 1.93. The molecule has 0 aromatic heterocycles. The van der Waals surface area contributed by atoms with Crippen molar-refractivity contribution in [1.82, 2.24) is 10.2 Å². The summed E-state index contributed by atoms with van der Waals surface area (Å²) in [5.41, 5.74) is 4.85. The minimum atomic E-state index is -4.47. The van der Waals surface area contributed by atoms with E-state index in [-0.39, 0.29) is 12.5 Å². The molecule has 0 aliphatic carbocycles. The van der Waals surface area contributed by atoms with Crippen LogP contribution in [0.25, 0.3) is 0 Å². The van der Waals surface area contributed by atoms with Gasteiger partial charge in [0.05, 0.1) is 12.0 Å². The maximum atomic E-state index is 12.2. The Labute approximate surface area is 116 Å². The normalized spacial score (nSPS) is 12.2. The first-order valence-corrected chi connectivity index (χ1v) is 6.41. The molecule has 2 amide bonds. The molecule has 0 saturated heterocycles. The second-order valence-corrected chi connectivity index (χ2v) is 4.74.